The van der Waals surface area contributed by atoms with Crippen LogP contribution in [0.2, 0.25) is 0 Å². The Balaban J connectivity index is 1.58. The van der Waals surface area contributed by atoms with Crippen molar-refractivity contribution in [3.8, 4) is 5.69 Å². The molecule has 1 saturated heterocycles. The zero-order valence-corrected chi connectivity index (χ0v) is 15.0. The smallest absolute Gasteiger partial charge is 0.275 e. The quantitative estimate of drug-likeness (QED) is 0.702. The molecular formula is C18H19FN6O2. The average molecular weight is 370 g/mol. The van der Waals surface area contributed by atoms with Gasteiger partial charge in [0.15, 0.2) is 5.69 Å². The predicted molar refractivity (Wildman–Crippen MR) is 95.2 cm³/mol. The number of aromatic nitrogens is 4. The number of hydrogen-bond donors (Lipinski definition) is 0. The molecule has 4 rings (SSSR count). The number of nitrogens with zero attached hydrogens (tertiary/aromatic N) is 6. The van der Waals surface area contributed by atoms with Crippen LogP contribution < -0.4 is 4.90 Å². The van der Waals surface area contributed by atoms with Gasteiger partial charge in [-0.25, -0.2) is 9.07 Å². The van der Waals surface area contributed by atoms with Gasteiger partial charge in [-0.3, -0.25) is 4.79 Å². The Morgan fingerprint density at radius 1 is 1.30 bits per heavy atom. The van der Waals surface area contributed by atoms with Crippen molar-refractivity contribution in [1.82, 2.24) is 24.8 Å². The topological polar surface area (TPSA) is 80.3 Å². The number of para-hydroxylation sites is 1. The van der Waals surface area contributed by atoms with Gasteiger partial charge < -0.3 is 14.3 Å². The zero-order valence-electron chi connectivity index (χ0n) is 15.0. The van der Waals surface area contributed by atoms with Crippen LogP contribution in [-0.2, 0) is 0 Å². The minimum Gasteiger partial charge on any atom is -0.344 e. The molecule has 0 radical (unpaired) electrons. The van der Waals surface area contributed by atoms with E-state index in [1.54, 1.807) is 40.3 Å². The normalized spacial score (nSPS) is 16.7. The third-order valence-corrected chi connectivity index (χ3v) is 4.54. The highest BCUT2D eigenvalue weighted by molar-refractivity contribution is 5.92. The fraction of sp³-hybridized carbons (Fsp3) is 0.333. The van der Waals surface area contributed by atoms with E-state index in [0.29, 0.717) is 24.1 Å². The molecule has 2 aromatic heterocycles. The van der Waals surface area contributed by atoms with E-state index in [9.17, 15) is 9.18 Å². The fourth-order valence-electron chi connectivity index (χ4n) is 3.17. The van der Waals surface area contributed by atoms with Crippen molar-refractivity contribution >= 4 is 11.9 Å². The molecule has 140 valence electrons. The van der Waals surface area contributed by atoms with Crippen molar-refractivity contribution in [3.05, 3.63) is 53.9 Å². The van der Waals surface area contributed by atoms with Gasteiger partial charge in [0.25, 0.3) is 17.7 Å². The van der Waals surface area contributed by atoms with Gasteiger partial charge in [0.05, 0.1) is 0 Å². The number of amides is 1. The van der Waals surface area contributed by atoms with Crippen molar-refractivity contribution in [1.29, 1.82) is 0 Å². The van der Waals surface area contributed by atoms with Crippen LogP contribution in [0.1, 0.15) is 35.3 Å². The van der Waals surface area contributed by atoms with Gasteiger partial charge in [0, 0.05) is 26.8 Å². The van der Waals surface area contributed by atoms with Crippen LogP contribution in [0.25, 0.3) is 5.69 Å². The first-order valence-electron chi connectivity index (χ1n) is 8.67. The van der Waals surface area contributed by atoms with Crippen molar-refractivity contribution < 1.29 is 13.7 Å². The summed E-state index contributed by atoms with van der Waals surface area (Å²) in [6.45, 7) is 0.579. The van der Waals surface area contributed by atoms with Crippen LogP contribution in [0.15, 0.2) is 41.1 Å². The van der Waals surface area contributed by atoms with Gasteiger partial charge in [0.2, 0.25) is 0 Å². The molecule has 3 aromatic rings. The molecule has 3 heterocycles. The monoisotopic (exact) mass is 370 g/mol. The van der Waals surface area contributed by atoms with E-state index < -0.39 is 5.82 Å². The second kappa shape index (κ2) is 6.82. The Labute approximate surface area is 155 Å². The lowest BCUT2D eigenvalue weighted by atomic mass is 10.2. The summed E-state index contributed by atoms with van der Waals surface area (Å²) in [4.78, 5) is 20.7. The first-order valence-corrected chi connectivity index (χ1v) is 8.67. The summed E-state index contributed by atoms with van der Waals surface area (Å²) in [5, 5.41) is 8.18. The first kappa shape index (κ1) is 17.2. The number of benzene rings is 1. The van der Waals surface area contributed by atoms with Crippen LogP contribution >= 0.6 is 0 Å². The maximum absolute atomic E-state index is 13.9. The molecule has 0 spiro atoms. The number of carbonyl (C=O) groups is 1. The molecule has 27 heavy (non-hydrogen) atoms. The van der Waals surface area contributed by atoms with E-state index in [1.165, 1.54) is 10.7 Å². The van der Waals surface area contributed by atoms with Crippen molar-refractivity contribution in [2.75, 3.05) is 25.5 Å². The third kappa shape index (κ3) is 3.16. The molecule has 1 aromatic carbocycles. The number of likely N-dealkylation sites (tertiary alicyclic amines) is 1. The lowest BCUT2D eigenvalue weighted by molar-refractivity contribution is 0.0703. The number of hydrogen-bond acceptors (Lipinski definition) is 6. The number of anilines is 1. The van der Waals surface area contributed by atoms with Gasteiger partial charge >= 0.3 is 0 Å². The minimum atomic E-state index is -0.402. The van der Waals surface area contributed by atoms with Crippen molar-refractivity contribution in [2.24, 2.45) is 0 Å². The van der Waals surface area contributed by atoms with Crippen LogP contribution in [0.3, 0.4) is 0 Å². The highest BCUT2D eigenvalue weighted by atomic mass is 19.1. The molecule has 0 saturated carbocycles. The summed E-state index contributed by atoms with van der Waals surface area (Å²) in [5.74, 6) is 0.240. The molecular weight excluding hydrogens is 351 g/mol. The molecule has 1 unspecified atom stereocenters. The van der Waals surface area contributed by atoms with E-state index in [-0.39, 0.29) is 17.6 Å². The second-order valence-electron chi connectivity index (χ2n) is 6.58. The minimum absolute atomic E-state index is 0.239. The highest BCUT2D eigenvalue weighted by Gasteiger charge is 2.35. The van der Waals surface area contributed by atoms with E-state index in [0.717, 1.165) is 12.8 Å². The Kier molecular flexibility index (Phi) is 4.35. The SMILES string of the molecule is CN(C)c1noc(C2CCCN2C(=O)c2ccn(-c3ccccc3F)n2)n1. The van der Waals surface area contributed by atoms with E-state index in [2.05, 4.69) is 15.2 Å². The molecule has 0 aliphatic carbocycles. The first-order chi connectivity index (χ1) is 13.0. The van der Waals surface area contributed by atoms with Crippen molar-refractivity contribution in [3.63, 3.8) is 0 Å². The second-order valence-corrected chi connectivity index (χ2v) is 6.58. The fourth-order valence-corrected chi connectivity index (χ4v) is 3.17. The molecule has 0 bridgehead atoms. The Hall–Kier alpha value is -3.23. The standard InChI is InChI=1S/C18H19FN6O2/c1-23(2)18-20-16(27-22-18)15-8-5-10-24(15)17(26)13-9-11-25(21-13)14-7-4-3-6-12(14)19/h3-4,6-7,9,11,15H,5,8,10H2,1-2H3. The van der Waals surface area contributed by atoms with Gasteiger partial charge in [-0.05, 0) is 36.2 Å². The Morgan fingerprint density at radius 3 is 2.85 bits per heavy atom. The van der Waals surface area contributed by atoms with Crippen LogP contribution in [0, 0.1) is 5.82 Å². The molecule has 1 aliphatic rings. The lowest BCUT2D eigenvalue weighted by Gasteiger charge is -2.20. The molecule has 9 heteroatoms. The summed E-state index contributed by atoms with van der Waals surface area (Å²) < 4.78 is 20.7. The summed E-state index contributed by atoms with van der Waals surface area (Å²) in [5.41, 5.74) is 0.541. The zero-order chi connectivity index (χ0) is 19.0. The number of rotatable bonds is 4. The van der Waals surface area contributed by atoms with E-state index in [1.807, 2.05) is 14.1 Å². The van der Waals surface area contributed by atoms with Gasteiger partial charge in [-0.1, -0.05) is 12.1 Å². The summed E-state index contributed by atoms with van der Waals surface area (Å²) in [7, 11) is 3.64. The highest BCUT2D eigenvalue weighted by Crippen LogP contribution is 2.32. The van der Waals surface area contributed by atoms with Gasteiger partial charge in [0.1, 0.15) is 17.5 Å². The molecule has 1 aliphatic heterocycles. The van der Waals surface area contributed by atoms with Crippen molar-refractivity contribution in [2.45, 2.75) is 18.9 Å². The maximum Gasteiger partial charge on any atom is 0.275 e. The third-order valence-electron chi connectivity index (χ3n) is 4.54. The maximum atomic E-state index is 13.9. The van der Waals surface area contributed by atoms with Crippen LogP contribution in [-0.4, -0.2) is 51.4 Å². The van der Waals surface area contributed by atoms with Crippen LogP contribution in [0.5, 0.6) is 0 Å². The number of halogens is 1. The number of carbonyl (C=O) groups excluding carboxylic acids is 1. The predicted octanol–water partition coefficient (Wildman–Crippen LogP) is 2.44. The molecule has 0 N–H and O–H groups in total. The Morgan fingerprint density at radius 2 is 2.11 bits per heavy atom. The lowest BCUT2D eigenvalue weighted by Crippen LogP contribution is -2.31. The summed E-state index contributed by atoms with van der Waals surface area (Å²) in [6, 6.07) is 7.59. The Bertz CT molecular complexity index is 966. The van der Waals surface area contributed by atoms with E-state index >= 15 is 0 Å². The summed E-state index contributed by atoms with van der Waals surface area (Å²) >= 11 is 0. The molecule has 1 fully saturated rings. The van der Waals surface area contributed by atoms with Gasteiger partial charge in [-0.2, -0.15) is 10.1 Å². The van der Waals surface area contributed by atoms with Crippen LogP contribution in [0.4, 0.5) is 10.3 Å². The average Bonchev–Trinajstić information content (AvgIpc) is 3.40. The van der Waals surface area contributed by atoms with E-state index in [4.69, 9.17) is 4.52 Å². The van der Waals surface area contributed by atoms with Gasteiger partial charge in [-0.15, -0.1) is 0 Å². The molecule has 1 atom stereocenters. The summed E-state index contributed by atoms with van der Waals surface area (Å²) in [6.07, 6.45) is 3.16. The molecule has 8 nitrogen and oxygen atoms in total. The molecule has 1 amide bonds. The largest absolute Gasteiger partial charge is 0.344 e.